The molecule has 0 amide bonds. The van der Waals surface area contributed by atoms with E-state index >= 15 is 4.39 Å². The molecule has 8 nitrogen and oxygen atoms in total. The second-order valence-corrected chi connectivity index (χ2v) is 13.0. The van der Waals surface area contributed by atoms with Gasteiger partial charge in [-0.15, -0.1) is 0 Å². The van der Waals surface area contributed by atoms with Gasteiger partial charge in [-0.3, -0.25) is 9.88 Å². The van der Waals surface area contributed by atoms with Crippen LogP contribution in [0.1, 0.15) is 69.4 Å². The van der Waals surface area contributed by atoms with Crippen LogP contribution in [0.2, 0.25) is 0 Å². The molecule has 1 aromatic carbocycles. The number of piperazine rings is 1. The van der Waals surface area contributed by atoms with E-state index in [0.29, 0.717) is 41.5 Å². The van der Waals surface area contributed by atoms with Crippen LogP contribution in [0.3, 0.4) is 0 Å². The van der Waals surface area contributed by atoms with E-state index in [-0.39, 0.29) is 28.5 Å². The molecule has 4 fully saturated rings. The molecule has 3 aromatic rings. The van der Waals surface area contributed by atoms with Gasteiger partial charge in [0.15, 0.2) is 5.82 Å². The minimum absolute atomic E-state index is 0.0161. The van der Waals surface area contributed by atoms with Gasteiger partial charge in [0.2, 0.25) is 0 Å². The molecule has 4 aliphatic heterocycles. The Labute approximate surface area is 246 Å². The summed E-state index contributed by atoms with van der Waals surface area (Å²) in [6.07, 6.45) is 15.5. The number of aromatic nitrogens is 3. The lowest BCUT2D eigenvalue weighted by Gasteiger charge is -2.35. The van der Waals surface area contributed by atoms with Gasteiger partial charge in [0.25, 0.3) is 0 Å². The van der Waals surface area contributed by atoms with Gasteiger partial charge >= 0.3 is 6.01 Å². The fourth-order valence-electron chi connectivity index (χ4n) is 8.46. The quantitative estimate of drug-likeness (QED) is 0.417. The average Bonchev–Trinajstić information content (AvgIpc) is 3.68. The first-order valence-corrected chi connectivity index (χ1v) is 15.8. The summed E-state index contributed by atoms with van der Waals surface area (Å²) in [6.45, 7) is 5.53. The number of aryl methyl sites for hydroxylation is 1. The van der Waals surface area contributed by atoms with Crippen molar-refractivity contribution < 1.29 is 14.2 Å². The number of nitrogens with zero attached hydrogens (tertiary/aromatic N) is 5. The molecule has 2 bridgehead atoms. The molecule has 6 heterocycles. The lowest BCUT2D eigenvalue weighted by atomic mass is 9.91. The third kappa shape index (κ3) is 4.27. The van der Waals surface area contributed by atoms with Crippen molar-refractivity contribution in [3.05, 3.63) is 41.3 Å². The molecule has 0 spiro atoms. The number of phenols is 1. The number of rotatable bonds is 6. The van der Waals surface area contributed by atoms with Crippen LogP contribution in [0.5, 0.6) is 11.8 Å². The smallest absolute Gasteiger partial charge is 0.319 e. The Kier molecular flexibility index (Phi) is 6.37. The molecular weight excluding hydrogens is 531 g/mol. The van der Waals surface area contributed by atoms with E-state index in [1.165, 1.54) is 12.8 Å². The highest BCUT2D eigenvalue weighted by atomic mass is 19.1. The molecule has 4 saturated heterocycles. The highest BCUT2D eigenvalue weighted by Crippen LogP contribution is 2.44. The Balaban J connectivity index is 1.22. The van der Waals surface area contributed by atoms with Crippen LogP contribution in [-0.2, 0) is 6.42 Å². The summed E-state index contributed by atoms with van der Waals surface area (Å²) in [7, 11) is 0. The van der Waals surface area contributed by atoms with Gasteiger partial charge in [-0.1, -0.05) is 19.1 Å². The molecular formula is C33H39FN6O2. The summed E-state index contributed by atoms with van der Waals surface area (Å²) < 4.78 is 23.1. The van der Waals surface area contributed by atoms with E-state index in [4.69, 9.17) is 14.7 Å². The molecule has 1 aliphatic carbocycles. The first-order chi connectivity index (χ1) is 20.5. The standard InChI is InChI=1S/C33H39FN6O2/c1-2-23-10-12-33(11-5-13-40(23)33)19-42-32-37-30-27(31(38-32)39-17-21-8-9-22(18-39)36-21)16-35-29(28(30)34)26-15-24(41)14-20-6-3-4-7-25(20)26/h4,7,14-16,21-23,36,41H,2-3,5-6,8-13,17-19H2,1H3. The van der Waals surface area contributed by atoms with Crippen molar-refractivity contribution >= 4 is 22.8 Å². The molecule has 9 heteroatoms. The molecule has 2 N–H and O–H groups in total. The van der Waals surface area contributed by atoms with E-state index in [2.05, 4.69) is 33.1 Å². The molecule has 2 aromatic heterocycles. The van der Waals surface area contributed by atoms with Crippen molar-refractivity contribution in [2.75, 3.05) is 31.1 Å². The van der Waals surface area contributed by atoms with E-state index in [1.54, 1.807) is 18.3 Å². The number of halogens is 1. The van der Waals surface area contributed by atoms with E-state index < -0.39 is 5.82 Å². The summed E-state index contributed by atoms with van der Waals surface area (Å²) in [5, 5.41) is 14.8. The SMILES string of the molecule is CCC1CCC2(COc3nc(N4CC5CCC(C4)N5)c4cnc(-c5cc(O)cc6c5C=CCC6)c(F)c4n3)CCCN12. The van der Waals surface area contributed by atoms with Crippen molar-refractivity contribution in [2.24, 2.45) is 0 Å². The number of hydrogen-bond donors (Lipinski definition) is 2. The second kappa shape index (κ2) is 10.2. The number of fused-ring (bicyclic) bond motifs is 5. The first-order valence-electron chi connectivity index (χ1n) is 15.8. The molecule has 42 heavy (non-hydrogen) atoms. The van der Waals surface area contributed by atoms with Crippen LogP contribution in [0.15, 0.2) is 24.4 Å². The number of phenolic OH excluding ortho intramolecular Hbond substituents is 1. The summed E-state index contributed by atoms with van der Waals surface area (Å²) in [6, 6.07) is 5.01. The molecule has 0 radical (unpaired) electrons. The fraction of sp³-hybridized carbons (Fsp3) is 0.545. The van der Waals surface area contributed by atoms with Crippen LogP contribution in [0.25, 0.3) is 28.2 Å². The Bertz CT molecular complexity index is 1570. The Hall–Kier alpha value is -3.30. The summed E-state index contributed by atoms with van der Waals surface area (Å²) in [5.41, 5.74) is 2.92. The van der Waals surface area contributed by atoms with Gasteiger partial charge in [0, 0.05) is 43.0 Å². The van der Waals surface area contributed by atoms with Crippen molar-refractivity contribution in [1.29, 1.82) is 0 Å². The van der Waals surface area contributed by atoms with Crippen molar-refractivity contribution in [1.82, 2.24) is 25.2 Å². The topological polar surface area (TPSA) is 86.6 Å². The molecule has 5 aliphatic rings. The van der Waals surface area contributed by atoms with Crippen molar-refractivity contribution in [2.45, 2.75) is 88.4 Å². The maximum atomic E-state index is 16.6. The normalized spacial score (nSPS) is 28.4. The zero-order chi connectivity index (χ0) is 28.4. The number of allylic oxidation sites excluding steroid dienone is 1. The Morgan fingerprint density at radius 1 is 1.14 bits per heavy atom. The number of benzene rings is 1. The zero-order valence-electron chi connectivity index (χ0n) is 24.3. The number of pyridine rings is 1. The summed E-state index contributed by atoms with van der Waals surface area (Å²) in [4.78, 5) is 19.2. The molecule has 4 atom stereocenters. The van der Waals surface area contributed by atoms with Crippen LogP contribution in [0, 0.1) is 5.82 Å². The van der Waals surface area contributed by atoms with Gasteiger partial charge in [0.1, 0.15) is 29.4 Å². The van der Waals surface area contributed by atoms with Crippen LogP contribution in [-0.4, -0.2) is 74.9 Å². The van der Waals surface area contributed by atoms with Crippen LogP contribution in [0.4, 0.5) is 10.2 Å². The second-order valence-electron chi connectivity index (χ2n) is 13.0. The largest absolute Gasteiger partial charge is 0.508 e. The van der Waals surface area contributed by atoms with Crippen molar-refractivity contribution in [3.8, 4) is 23.0 Å². The zero-order valence-corrected chi connectivity index (χ0v) is 24.3. The van der Waals surface area contributed by atoms with Crippen LogP contribution < -0.4 is 15.0 Å². The van der Waals surface area contributed by atoms with Gasteiger partial charge in [-0.25, -0.2) is 4.39 Å². The molecule has 220 valence electrons. The van der Waals surface area contributed by atoms with Gasteiger partial charge in [-0.05, 0) is 87.6 Å². The Morgan fingerprint density at radius 3 is 2.83 bits per heavy atom. The maximum Gasteiger partial charge on any atom is 0.319 e. The minimum atomic E-state index is -0.501. The molecule has 8 rings (SSSR count). The fourth-order valence-corrected chi connectivity index (χ4v) is 8.46. The van der Waals surface area contributed by atoms with E-state index in [0.717, 1.165) is 75.7 Å². The monoisotopic (exact) mass is 570 g/mol. The lowest BCUT2D eigenvalue weighted by Crippen LogP contribution is -2.51. The lowest BCUT2D eigenvalue weighted by molar-refractivity contribution is 0.0836. The van der Waals surface area contributed by atoms with Gasteiger partial charge in [-0.2, -0.15) is 9.97 Å². The number of ether oxygens (including phenoxy) is 1. The first kappa shape index (κ1) is 26.3. The third-order valence-electron chi connectivity index (χ3n) is 10.5. The molecule has 4 unspecified atom stereocenters. The third-order valence-corrected chi connectivity index (χ3v) is 10.5. The number of nitrogens with one attached hydrogen (secondary N) is 1. The number of anilines is 1. The van der Waals surface area contributed by atoms with Gasteiger partial charge < -0.3 is 20.1 Å². The number of hydrogen-bond acceptors (Lipinski definition) is 8. The predicted molar refractivity (Wildman–Crippen MR) is 161 cm³/mol. The highest BCUT2D eigenvalue weighted by Gasteiger charge is 2.49. The van der Waals surface area contributed by atoms with E-state index in [9.17, 15) is 5.11 Å². The highest BCUT2D eigenvalue weighted by molar-refractivity contribution is 5.93. The van der Waals surface area contributed by atoms with Crippen molar-refractivity contribution in [3.63, 3.8) is 0 Å². The van der Waals surface area contributed by atoms with E-state index in [1.807, 2.05) is 6.08 Å². The van der Waals surface area contributed by atoms with Gasteiger partial charge in [0.05, 0.1) is 10.9 Å². The summed E-state index contributed by atoms with van der Waals surface area (Å²) >= 11 is 0. The average molecular weight is 571 g/mol. The summed E-state index contributed by atoms with van der Waals surface area (Å²) in [5.74, 6) is 0.313. The predicted octanol–water partition coefficient (Wildman–Crippen LogP) is 5.22. The van der Waals surface area contributed by atoms with Crippen LogP contribution >= 0.6 is 0 Å². The number of aromatic hydroxyl groups is 1. The Morgan fingerprint density at radius 2 is 2.00 bits per heavy atom. The maximum absolute atomic E-state index is 16.6. The molecule has 0 saturated carbocycles. The minimum Gasteiger partial charge on any atom is -0.508 e.